The van der Waals surface area contributed by atoms with Crippen molar-refractivity contribution >= 4 is 33.2 Å². The molecule has 5 heteroatoms. The van der Waals surface area contributed by atoms with E-state index in [1.54, 1.807) is 11.3 Å². The molecule has 1 aliphatic heterocycles. The Balaban J connectivity index is 1.71. The van der Waals surface area contributed by atoms with E-state index in [0.29, 0.717) is 19.0 Å². The predicted octanol–water partition coefficient (Wildman–Crippen LogP) is 2.27. The van der Waals surface area contributed by atoms with Crippen molar-refractivity contribution < 1.29 is 4.79 Å². The van der Waals surface area contributed by atoms with Crippen molar-refractivity contribution in [3.8, 4) is 0 Å². The van der Waals surface area contributed by atoms with E-state index >= 15 is 0 Å². The number of carbonyl (C=O) groups excluding carboxylic acids is 1. The van der Waals surface area contributed by atoms with Gasteiger partial charge in [-0.15, -0.1) is 11.3 Å². The molecule has 16 heavy (non-hydrogen) atoms. The van der Waals surface area contributed by atoms with Crippen LogP contribution >= 0.6 is 27.3 Å². The van der Waals surface area contributed by atoms with Gasteiger partial charge in [0, 0.05) is 27.2 Å². The fraction of sp³-hybridized carbons (Fsp3) is 0.545. The zero-order valence-electron chi connectivity index (χ0n) is 8.96. The van der Waals surface area contributed by atoms with Gasteiger partial charge in [0.05, 0.1) is 6.54 Å². The quantitative estimate of drug-likeness (QED) is 0.896. The molecule has 1 atom stereocenters. The first-order chi connectivity index (χ1) is 7.74. The number of thiophene rings is 1. The second kappa shape index (κ2) is 5.80. The van der Waals surface area contributed by atoms with Crippen LogP contribution in [0, 0.1) is 0 Å². The SMILES string of the molecule is O=C(CC1CCCN1)NCc1cc(Br)cs1. The van der Waals surface area contributed by atoms with E-state index in [1.165, 1.54) is 11.3 Å². The van der Waals surface area contributed by atoms with Gasteiger partial charge in [0.25, 0.3) is 0 Å². The lowest BCUT2D eigenvalue weighted by Crippen LogP contribution is -2.31. The monoisotopic (exact) mass is 302 g/mol. The molecule has 2 N–H and O–H groups in total. The molecule has 1 aliphatic rings. The minimum absolute atomic E-state index is 0.143. The maximum absolute atomic E-state index is 11.6. The van der Waals surface area contributed by atoms with Crippen LogP contribution in [0.1, 0.15) is 24.1 Å². The lowest BCUT2D eigenvalue weighted by atomic mass is 10.1. The van der Waals surface area contributed by atoms with Gasteiger partial charge in [0.1, 0.15) is 0 Å². The van der Waals surface area contributed by atoms with Gasteiger partial charge in [-0.3, -0.25) is 4.79 Å². The topological polar surface area (TPSA) is 41.1 Å². The van der Waals surface area contributed by atoms with E-state index in [1.807, 2.05) is 11.4 Å². The van der Waals surface area contributed by atoms with Crippen molar-refractivity contribution in [2.24, 2.45) is 0 Å². The first-order valence-corrected chi connectivity index (χ1v) is 7.14. The second-order valence-corrected chi connectivity index (χ2v) is 5.92. The minimum Gasteiger partial charge on any atom is -0.351 e. The molecule has 1 aromatic rings. The van der Waals surface area contributed by atoms with E-state index < -0.39 is 0 Å². The summed E-state index contributed by atoms with van der Waals surface area (Å²) >= 11 is 5.05. The van der Waals surface area contributed by atoms with Gasteiger partial charge < -0.3 is 10.6 Å². The van der Waals surface area contributed by atoms with Gasteiger partial charge in [0.2, 0.25) is 5.91 Å². The van der Waals surface area contributed by atoms with Crippen molar-refractivity contribution in [2.45, 2.75) is 31.8 Å². The lowest BCUT2D eigenvalue weighted by molar-refractivity contribution is -0.121. The zero-order valence-corrected chi connectivity index (χ0v) is 11.4. The number of hydrogen-bond acceptors (Lipinski definition) is 3. The first kappa shape index (κ1) is 12.1. The Morgan fingerprint density at radius 2 is 2.56 bits per heavy atom. The summed E-state index contributed by atoms with van der Waals surface area (Å²) in [4.78, 5) is 12.8. The average molecular weight is 303 g/mol. The Bertz CT molecular complexity index is 361. The summed E-state index contributed by atoms with van der Waals surface area (Å²) < 4.78 is 1.08. The zero-order chi connectivity index (χ0) is 11.4. The molecule has 1 fully saturated rings. The highest BCUT2D eigenvalue weighted by Crippen LogP contribution is 2.19. The van der Waals surface area contributed by atoms with Crippen LogP contribution in [-0.4, -0.2) is 18.5 Å². The molecular weight excluding hydrogens is 288 g/mol. The van der Waals surface area contributed by atoms with Gasteiger partial charge >= 0.3 is 0 Å². The Morgan fingerprint density at radius 3 is 3.19 bits per heavy atom. The number of hydrogen-bond donors (Lipinski definition) is 2. The summed E-state index contributed by atoms with van der Waals surface area (Å²) in [6.45, 7) is 1.69. The highest BCUT2D eigenvalue weighted by Gasteiger charge is 2.17. The average Bonchev–Trinajstić information content (AvgIpc) is 2.87. The third-order valence-electron chi connectivity index (χ3n) is 2.68. The smallest absolute Gasteiger partial charge is 0.221 e. The predicted molar refractivity (Wildman–Crippen MR) is 69.5 cm³/mol. The van der Waals surface area contributed by atoms with Gasteiger partial charge in [-0.2, -0.15) is 0 Å². The summed E-state index contributed by atoms with van der Waals surface area (Å²) in [7, 11) is 0. The van der Waals surface area contributed by atoms with Crippen LogP contribution in [0.3, 0.4) is 0 Å². The van der Waals surface area contributed by atoms with Gasteiger partial charge in [0.15, 0.2) is 0 Å². The molecule has 1 unspecified atom stereocenters. The third kappa shape index (κ3) is 3.57. The molecule has 88 valence electrons. The standard InChI is InChI=1S/C11H15BrN2OS/c12-8-4-10(16-7-8)6-14-11(15)5-9-2-1-3-13-9/h4,7,9,13H,1-3,5-6H2,(H,14,15). The van der Waals surface area contributed by atoms with Gasteiger partial charge in [-0.1, -0.05) is 0 Å². The molecule has 2 heterocycles. The van der Waals surface area contributed by atoms with E-state index in [-0.39, 0.29) is 5.91 Å². The van der Waals surface area contributed by atoms with E-state index in [0.717, 1.165) is 17.4 Å². The van der Waals surface area contributed by atoms with Crippen LogP contribution < -0.4 is 10.6 Å². The third-order valence-corrected chi connectivity index (χ3v) is 4.37. The summed E-state index contributed by atoms with van der Waals surface area (Å²) in [5, 5.41) is 8.30. The Labute approximate surface area is 108 Å². The fourth-order valence-corrected chi connectivity index (χ4v) is 3.25. The van der Waals surface area contributed by atoms with E-state index in [2.05, 4.69) is 26.6 Å². The molecule has 3 nitrogen and oxygen atoms in total. The van der Waals surface area contributed by atoms with Gasteiger partial charge in [-0.25, -0.2) is 0 Å². The van der Waals surface area contributed by atoms with Crippen LogP contribution in [0.5, 0.6) is 0 Å². The number of amides is 1. The van der Waals surface area contributed by atoms with Gasteiger partial charge in [-0.05, 0) is 41.4 Å². The van der Waals surface area contributed by atoms with Crippen molar-refractivity contribution in [1.82, 2.24) is 10.6 Å². The molecule has 1 aromatic heterocycles. The Hall–Kier alpha value is -0.390. The highest BCUT2D eigenvalue weighted by atomic mass is 79.9. The maximum Gasteiger partial charge on any atom is 0.221 e. The molecule has 1 amide bonds. The number of rotatable bonds is 4. The molecule has 0 saturated carbocycles. The fourth-order valence-electron chi connectivity index (χ4n) is 1.86. The summed E-state index contributed by atoms with van der Waals surface area (Å²) in [6.07, 6.45) is 2.92. The molecular formula is C11H15BrN2OS. The van der Waals surface area contributed by atoms with Crippen LogP contribution in [0.15, 0.2) is 15.9 Å². The van der Waals surface area contributed by atoms with Crippen molar-refractivity contribution in [3.63, 3.8) is 0 Å². The second-order valence-electron chi connectivity index (χ2n) is 4.01. The number of carbonyl (C=O) groups is 1. The molecule has 0 aliphatic carbocycles. The van der Waals surface area contributed by atoms with E-state index in [4.69, 9.17) is 0 Å². The largest absolute Gasteiger partial charge is 0.351 e. The normalized spacial score (nSPS) is 19.9. The summed E-state index contributed by atoms with van der Waals surface area (Å²) in [5.41, 5.74) is 0. The Morgan fingerprint density at radius 1 is 1.69 bits per heavy atom. The van der Waals surface area contributed by atoms with Crippen LogP contribution in [0.2, 0.25) is 0 Å². The van der Waals surface area contributed by atoms with E-state index in [9.17, 15) is 4.79 Å². The van der Waals surface area contributed by atoms with Crippen molar-refractivity contribution in [1.29, 1.82) is 0 Å². The highest BCUT2D eigenvalue weighted by molar-refractivity contribution is 9.10. The molecule has 0 bridgehead atoms. The van der Waals surface area contributed by atoms with Crippen molar-refractivity contribution in [3.05, 3.63) is 20.8 Å². The summed E-state index contributed by atoms with van der Waals surface area (Å²) in [5.74, 6) is 0.143. The van der Waals surface area contributed by atoms with Crippen molar-refractivity contribution in [2.75, 3.05) is 6.54 Å². The van der Waals surface area contributed by atoms with Crippen LogP contribution in [-0.2, 0) is 11.3 Å². The number of halogens is 1. The maximum atomic E-state index is 11.6. The molecule has 1 saturated heterocycles. The Kier molecular flexibility index (Phi) is 4.37. The molecule has 0 spiro atoms. The molecule has 0 aromatic carbocycles. The minimum atomic E-state index is 0.143. The van der Waals surface area contributed by atoms with Crippen LogP contribution in [0.4, 0.5) is 0 Å². The van der Waals surface area contributed by atoms with Crippen LogP contribution in [0.25, 0.3) is 0 Å². The number of nitrogens with one attached hydrogen (secondary N) is 2. The summed E-state index contributed by atoms with van der Waals surface area (Å²) in [6, 6.07) is 2.42. The molecule has 0 radical (unpaired) electrons. The first-order valence-electron chi connectivity index (χ1n) is 5.47. The molecule has 2 rings (SSSR count). The lowest BCUT2D eigenvalue weighted by Gasteiger charge is -2.09.